The average molecular weight is 396 g/mol. The molecule has 0 amide bonds. The third-order valence-corrected chi connectivity index (χ3v) is 6.42. The van der Waals surface area contributed by atoms with Gasteiger partial charge in [0.25, 0.3) is 0 Å². The van der Waals surface area contributed by atoms with Crippen LogP contribution >= 0.6 is 11.6 Å². The molecule has 1 aromatic carbocycles. The fraction of sp³-hybridized carbons (Fsp3) is 0.727. The molecule has 0 aromatic heterocycles. The summed E-state index contributed by atoms with van der Waals surface area (Å²) in [4.78, 5) is 2.55. The lowest BCUT2D eigenvalue weighted by Gasteiger charge is -2.43. The van der Waals surface area contributed by atoms with E-state index in [0.717, 1.165) is 48.1 Å². The molecule has 1 heterocycles. The van der Waals surface area contributed by atoms with Gasteiger partial charge in [0.1, 0.15) is 0 Å². The molecule has 5 heteroatoms. The highest BCUT2D eigenvalue weighted by atomic mass is 35.5. The lowest BCUT2D eigenvalue weighted by molar-refractivity contribution is -0.0366. The van der Waals surface area contributed by atoms with Gasteiger partial charge in [-0.05, 0) is 57.2 Å². The third kappa shape index (κ3) is 4.72. The minimum Gasteiger partial charge on any atom is -0.490 e. The summed E-state index contributed by atoms with van der Waals surface area (Å²) in [5.74, 6) is 1.55. The molecule has 1 aliphatic heterocycles. The standard InChI is InChI=1S/C22H34ClNO3/c1-4-12-27-20-14-18(23)17(13-19(20)26-5-2)15-24-11-7-10-22(16-24)9-6-8-21(22)25-3/h13-14,21H,4-12,15-16H2,1-3H3/t21-,22+/m1/s1. The van der Waals surface area contributed by atoms with Crippen LogP contribution in [0.15, 0.2) is 12.1 Å². The van der Waals surface area contributed by atoms with E-state index in [-0.39, 0.29) is 0 Å². The van der Waals surface area contributed by atoms with E-state index < -0.39 is 0 Å². The maximum atomic E-state index is 6.62. The zero-order valence-corrected chi connectivity index (χ0v) is 17.8. The van der Waals surface area contributed by atoms with Crippen LogP contribution in [0.1, 0.15) is 57.9 Å². The number of benzene rings is 1. The Bertz CT molecular complexity index is 624. The number of halogens is 1. The quantitative estimate of drug-likeness (QED) is 0.596. The molecule has 3 rings (SSSR count). The molecule has 1 saturated carbocycles. The van der Waals surface area contributed by atoms with Gasteiger partial charge >= 0.3 is 0 Å². The van der Waals surface area contributed by atoms with Crippen molar-refractivity contribution in [2.45, 2.75) is 65.0 Å². The summed E-state index contributed by atoms with van der Waals surface area (Å²) >= 11 is 6.62. The number of rotatable bonds is 8. The van der Waals surface area contributed by atoms with Crippen LogP contribution in [0, 0.1) is 5.41 Å². The molecular formula is C22H34ClNO3. The molecule has 27 heavy (non-hydrogen) atoms. The minimum absolute atomic E-state index is 0.326. The van der Waals surface area contributed by atoms with Gasteiger partial charge in [-0.15, -0.1) is 0 Å². The van der Waals surface area contributed by atoms with Crippen molar-refractivity contribution < 1.29 is 14.2 Å². The zero-order chi connectivity index (χ0) is 19.3. The minimum atomic E-state index is 0.326. The van der Waals surface area contributed by atoms with Crippen molar-refractivity contribution >= 4 is 11.6 Å². The van der Waals surface area contributed by atoms with E-state index in [0.29, 0.717) is 24.7 Å². The first-order valence-corrected chi connectivity index (χ1v) is 10.8. The zero-order valence-electron chi connectivity index (χ0n) is 17.1. The van der Waals surface area contributed by atoms with Crippen molar-refractivity contribution in [1.82, 2.24) is 4.90 Å². The van der Waals surface area contributed by atoms with Crippen molar-refractivity contribution in [1.29, 1.82) is 0 Å². The van der Waals surface area contributed by atoms with Crippen LogP contribution in [0.5, 0.6) is 11.5 Å². The summed E-state index contributed by atoms with van der Waals surface area (Å²) in [6.45, 7) is 8.45. The summed E-state index contributed by atoms with van der Waals surface area (Å²) in [6, 6.07) is 3.99. The fourth-order valence-corrected chi connectivity index (χ4v) is 5.08. The SMILES string of the molecule is CCCOc1cc(Cl)c(CN2CCC[C@@]3(CCC[C@H]3OC)C2)cc1OCC. The van der Waals surface area contributed by atoms with E-state index in [1.165, 1.54) is 32.1 Å². The summed E-state index contributed by atoms with van der Waals surface area (Å²) in [5.41, 5.74) is 1.44. The van der Waals surface area contributed by atoms with Gasteiger partial charge in [-0.1, -0.05) is 24.9 Å². The van der Waals surface area contributed by atoms with Crippen LogP contribution in [0.2, 0.25) is 5.02 Å². The number of hydrogen-bond donors (Lipinski definition) is 0. The topological polar surface area (TPSA) is 30.9 Å². The molecule has 0 N–H and O–H groups in total. The van der Waals surface area contributed by atoms with Gasteiger partial charge in [0.2, 0.25) is 0 Å². The Morgan fingerprint density at radius 2 is 1.93 bits per heavy atom. The van der Waals surface area contributed by atoms with E-state index in [4.69, 9.17) is 25.8 Å². The van der Waals surface area contributed by atoms with Gasteiger partial charge in [0, 0.05) is 36.7 Å². The second kappa shape index (κ2) is 9.49. The van der Waals surface area contributed by atoms with Crippen molar-refractivity contribution in [3.63, 3.8) is 0 Å². The van der Waals surface area contributed by atoms with E-state index in [2.05, 4.69) is 17.9 Å². The van der Waals surface area contributed by atoms with Crippen molar-refractivity contribution in [3.8, 4) is 11.5 Å². The summed E-state index contributed by atoms with van der Waals surface area (Å²) in [7, 11) is 1.87. The molecule has 0 bridgehead atoms. The van der Waals surface area contributed by atoms with E-state index in [9.17, 15) is 0 Å². The highest BCUT2D eigenvalue weighted by Gasteiger charge is 2.45. The van der Waals surface area contributed by atoms with Gasteiger partial charge in [0.15, 0.2) is 11.5 Å². The number of hydrogen-bond acceptors (Lipinski definition) is 4. The Morgan fingerprint density at radius 3 is 2.67 bits per heavy atom. The van der Waals surface area contributed by atoms with Crippen LogP contribution in [0.3, 0.4) is 0 Å². The number of ether oxygens (including phenoxy) is 3. The Morgan fingerprint density at radius 1 is 1.15 bits per heavy atom. The number of methoxy groups -OCH3 is 1. The molecule has 0 radical (unpaired) electrons. The first-order chi connectivity index (χ1) is 13.1. The van der Waals surface area contributed by atoms with Gasteiger partial charge in [0.05, 0.1) is 19.3 Å². The first-order valence-electron chi connectivity index (χ1n) is 10.4. The molecule has 2 aliphatic rings. The smallest absolute Gasteiger partial charge is 0.162 e. The molecule has 2 fully saturated rings. The summed E-state index contributed by atoms with van der Waals surface area (Å²) < 4.78 is 17.5. The van der Waals surface area contributed by atoms with Crippen molar-refractivity contribution in [2.75, 3.05) is 33.4 Å². The van der Waals surface area contributed by atoms with Crippen LogP contribution in [-0.2, 0) is 11.3 Å². The molecule has 1 saturated heterocycles. The monoisotopic (exact) mass is 395 g/mol. The van der Waals surface area contributed by atoms with Crippen LogP contribution in [-0.4, -0.2) is 44.4 Å². The maximum absolute atomic E-state index is 6.62. The molecule has 152 valence electrons. The Labute approximate surface area is 169 Å². The highest BCUT2D eigenvalue weighted by molar-refractivity contribution is 6.31. The predicted octanol–water partition coefficient (Wildman–Crippen LogP) is 5.31. The van der Waals surface area contributed by atoms with Gasteiger partial charge in [-0.2, -0.15) is 0 Å². The van der Waals surface area contributed by atoms with Crippen molar-refractivity contribution in [2.24, 2.45) is 5.41 Å². The first kappa shape index (κ1) is 20.8. The highest BCUT2D eigenvalue weighted by Crippen LogP contribution is 2.47. The van der Waals surface area contributed by atoms with Gasteiger partial charge in [-0.25, -0.2) is 0 Å². The molecule has 4 nitrogen and oxygen atoms in total. The average Bonchev–Trinajstić information content (AvgIpc) is 3.04. The van der Waals surface area contributed by atoms with Crippen LogP contribution < -0.4 is 9.47 Å². The number of piperidine rings is 1. The van der Waals surface area contributed by atoms with E-state index in [1.807, 2.05) is 20.1 Å². The third-order valence-electron chi connectivity index (χ3n) is 6.06. The maximum Gasteiger partial charge on any atom is 0.162 e. The fourth-order valence-electron chi connectivity index (χ4n) is 4.87. The number of likely N-dealkylation sites (tertiary alicyclic amines) is 1. The van der Waals surface area contributed by atoms with E-state index in [1.54, 1.807) is 0 Å². The largest absolute Gasteiger partial charge is 0.490 e. The second-order valence-electron chi connectivity index (χ2n) is 7.96. The Hall–Kier alpha value is -0.970. The number of nitrogens with zero attached hydrogens (tertiary/aromatic N) is 1. The van der Waals surface area contributed by atoms with Crippen LogP contribution in [0.25, 0.3) is 0 Å². The molecule has 1 spiro atoms. The van der Waals surface area contributed by atoms with E-state index >= 15 is 0 Å². The van der Waals surface area contributed by atoms with Gasteiger partial charge in [-0.3, -0.25) is 4.90 Å². The predicted molar refractivity (Wildman–Crippen MR) is 110 cm³/mol. The Kier molecular flexibility index (Phi) is 7.29. The lowest BCUT2D eigenvalue weighted by Crippen LogP contribution is -2.47. The Balaban J connectivity index is 1.75. The molecular weight excluding hydrogens is 362 g/mol. The molecule has 1 aliphatic carbocycles. The van der Waals surface area contributed by atoms with Crippen molar-refractivity contribution in [3.05, 3.63) is 22.7 Å². The normalized spacial score (nSPS) is 25.9. The molecule has 0 unspecified atom stereocenters. The lowest BCUT2D eigenvalue weighted by atomic mass is 9.76. The molecule has 1 aromatic rings. The summed E-state index contributed by atoms with van der Waals surface area (Å²) in [5, 5.41) is 0.763. The summed E-state index contributed by atoms with van der Waals surface area (Å²) in [6.07, 6.45) is 7.64. The molecule has 2 atom stereocenters. The van der Waals surface area contributed by atoms with Crippen LogP contribution in [0.4, 0.5) is 0 Å². The van der Waals surface area contributed by atoms with Gasteiger partial charge < -0.3 is 14.2 Å². The second-order valence-corrected chi connectivity index (χ2v) is 8.37.